The largest absolute Gasteiger partial charge is 0.352 e. The molecule has 134 valence electrons. The average Bonchev–Trinajstić information content (AvgIpc) is 3.10. The van der Waals surface area contributed by atoms with E-state index < -0.39 is 0 Å². The Bertz CT molecular complexity index is 736. The second kappa shape index (κ2) is 6.09. The molecule has 4 rings (SSSR count). The van der Waals surface area contributed by atoms with E-state index in [1.54, 1.807) is 0 Å². The maximum Gasteiger partial charge on any atom is 0.151 e. The van der Waals surface area contributed by atoms with Crippen molar-refractivity contribution in [2.45, 2.75) is 58.2 Å². The highest BCUT2D eigenvalue weighted by molar-refractivity contribution is 5.42. The lowest BCUT2D eigenvalue weighted by atomic mass is 9.92. The third-order valence-electron chi connectivity index (χ3n) is 5.47. The minimum Gasteiger partial charge on any atom is -0.352 e. The van der Waals surface area contributed by atoms with Crippen molar-refractivity contribution in [1.29, 1.82) is 0 Å². The summed E-state index contributed by atoms with van der Waals surface area (Å²) in [6.07, 6.45) is 4.47. The predicted molar refractivity (Wildman–Crippen MR) is 98.7 cm³/mol. The molecule has 6 nitrogen and oxygen atoms in total. The van der Waals surface area contributed by atoms with Gasteiger partial charge in [0.05, 0.1) is 11.9 Å². The van der Waals surface area contributed by atoms with Crippen molar-refractivity contribution in [3.63, 3.8) is 0 Å². The molecule has 2 aromatic rings. The first-order valence-corrected chi connectivity index (χ1v) is 9.25. The van der Waals surface area contributed by atoms with Crippen molar-refractivity contribution in [2.24, 2.45) is 0 Å². The van der Waals surface area contributed by atoms with Crippen molar-refractivity contribution in [3.05, 3.63) is 35.3 Å². The number of aromatic nitrogens is 4. The minimum absolute atomic E-state index is 0.0507. The van der Waals surface area contributed by atoms with Crippen molar-refractivity contribution in [2.75, 3.05) is 25.0 Å². The van der Waals surface area contributed by atoms with Crippen LogP contribution in [0.3, 0.4) is 0 Å². The first-order chi connectivity index (χ1) is 11.9. The second-order valence-corrected chi connectivity index (χ2v) is 8.44. The fourth-order valence-electron chi connectivity index (χ4n) is 3.67. The molecule has 4 heterocycles. The van der Waals surface area contributed by atoms with E-state index in [2.05, 4.69) is 75.9 Å². The summed E-state index contributed by atoms with van der Waals surface area (Å²) in [7, 11) is 2.22. The number of rotatable bonds is 4. The fraction of sp³-hybridized carbons (Fsp3) is 0.632. The summed E-state index contributed by atoms with van der Waals surface area (Å²) in [6, 6.07) is 4.78. The first-order valence-electron chi connectivity index (χ1n) is 9.25. The number of hydrogen-bond acceptors (Lipinski definition) is 5. The van der Waals surface area contributed by atoms with Crippen LogP contribution in [-0.2, 0) is 24.9 Å². The highest BCUT2D eigenvalue weighted by atomic mass is 15.4. The van der Waals surface area contributed by atoms with Crippen LogP contribution in [0.4, 0.5) is 5.82 Å². The van der Waals surface area contributed by atoms with Crippen LogP contribution in [0, 0.1) is 0 Å². The van der Waals surface area contributed by atoms with Gasteiger partial charge in [0.2, 0.25) is 0 Å². The zero-order valence-corrected chi connectivity index (χ0v) is 15.7. The average molecular weight is 340 g/mol. The van der Waals surface area contributed by atoms with E-state index in [0.717, 1.165) is 37.7 Å². The van der Waals surface area contributed by atoms with Crippen LogP contribution in [0.2, 0.25) is 0 Å². The highest BCUT2D eigenvalue weighted by Crippen LogP contribution is 2.26. The summed E-state index contributed by atoms with van der Waals surface area (Å²) in [5.74, 6) is 0.990. The van der Waals surface area contributed by atoms with E-state index in [4.69, 9.17) is 0 Å². The van der Waals surface area contributed by atoms with Gasteiger partial charge in [-0.2, -0.15) is 10.2 Å². The Morgan fingerprint density at radius 3 is 2.68 bits per heavy atom. The van der Waals surface area contributed by atoms with Gasteiger partial charge in [-0.15, -0.1) is 5.10 Å². The molecule has 2 aliphatic rings. The van der Waals surface area contributed by atoms with E-state index in [0.29, 0.717) is 6.04 Å². The van der Waals surface area contributed by atoms with Crippen LogP contribution in [0.15, 0.2) is 18.3 Å². The van der Waals surface area contributed by atoms with Gasteiger partial charge in [0.15, 0.2) is 5.82 Å². The zero-order chi connectivity index (χ0) is 17.6. The zero-order valence-electron chi connectivity index (χ0n) is 15.7. The maximum absolute atomic E-state index is 4.50. The molecule has 0 amide bonds. The second-order valence-electron chi connectivity index (χ2n) is 8.44. The maximum atomic E-state index is 4.50. The molecule has 0 radical (unpaired) electrons. The smallest absolute Gasteiger partial charge is 0.151 e. The molecule has 0 unspecified atom stereocenters. The fourth-order valence-corrected chi connectivity index (χ4v) is 3.67. The summed E-state index contributed by atoms with van der Waals surface area (Å²) in [5.41, 5.74) is 3.93. The van der Waals surface area contributed by atoms with Gasteiger partial charge in [-0.1, -0.05) is 20.8 Å². The van der Waals surface area contributed by atoms with Crippen LogP contribution in [-0.4, -0.2) is 51.1 Å². The Hall–Kier alpha value is -1.95. The lowest BCUT2D eigenvalue weighted by Gasteiger charge is -2.44. The molecule has 25 heavy (non-hydrogen) atoms. The number of hydrogen-bond donors (Lipinski definition) is 0. The summed E-state index contributed by atoms with van der Waals surface area (Å²) < 4.78 is 2.17. The molecule has 1 fully saturated rings. The van der Waals surface area contributed by atoms with Crippen LogP contribution >= 0.6 is 0 Å². The van der Waals surface area contributed by atoms with Crippen LogP contribution < -0.4 is 4.90 Å². The number of anilines is 1. The van der Waals surface area contributed by atoms with Gasteiger partial charge in [0.25, 0.3) is 0 Å². The molecule has 0 spiro atoms. The van der Waals surface area contributed by atoms with Gasteiger partial charge < -0.3 is 4.90 Å². The Morgan fingerprint density at radius 2 is 2.00 bits per heavy atom. The van der Waals surface area contributed by atoms with Crippen molar-refractivity contribution in [1.82, 2.24) is 24.9 Å². The van der Waals surface area contributed by atoms with Crippen molar-refractivity contribution < 1.29 is 0 Å². The standard InChI is InChI=1S/C19H28N6/c1-19(2,3)17-7-8-18(22-21-17)24-12-15(13-24)23(4)11-14-10-20-25-9-5-6-16(14)25/h7-8,10,15H,5-6,9,11-13H2,1-4H3. The quantitative estimate of drug-likeness (QED) is 0.854. The Balaban J connectivity index is 1.33. The third-order valence-corrected chi connectivity index (χ3v) is 5.47. The highest BCUT2D eigenvalue weighted by Gasteiger charge is 2.32. The summed E-state index contributed by atoms with van der Waals surface area (Å²) >= 11 is 0. The molecule has 0 saturated carbocycles. The number of fused-ring (bicyclic) bond motifs is 1. The molecule has 2 aromatic heterocycles. The summed E-state index contributed by atoms with van der Waals surface area (Å²) in [6.45, 7) is 10.6. The number of nitrogens with zero attached hydrogens (tertiary/aromatic N) is 6. The SMILES string of the molecule is CN(Cc1cnn2c1CCC2)C1CN(c2ccc(C(C)(C)C)nn2)C1. The Morgan fingerprint density at radius 1 is 1.20 bits per heavy atom. The molecule has 2 aliphatic heterocycles. The molecular formula is C19H28N6. The van der Waals surface area contributed by atoms with Crippen LogP contribution in [0.1, 0.15) is 44.1 Å². The Kier molecular flexibility index (Phi) is 4.02. The normalized spacial score (nSPS) is 17.9. The lowest BCUT2D eigenvalue weighted by Crippen LogP contribution is -2.58. The molecule has 0 aromatic carbocycles. The van der Waals surface area contributed by atoms with Gasteiger partial charge in [-0.05, 0) is 32.0 Å². The van der Waals surface area contributed by atoms with Gasteiger partial charge in [0.1, 0.15) is 0 Å². The van der Waals surface area contributed by atoms with E-state index in [1.807, 2.05) is 0 Å². The molecule has 1 saturated heterocycles. The van der Waals surface area contributed by atoms with Gasteiger partial charge in [-0.3, -0.25) is 9.58 Å². The number of likely N-dealkylation sites (N-methyl/N-ethyl adjacent to an activating group) is 1. The van der Waals surface area contributed by atoms with E-state index in [9.17, 15) is 0 Å². The van der Waals surface area contributed by atoms with E-state index >= 15 is 0 Å². The third kappa shape index (κ3) is 3.15. The molecule has 6 heteroatoms. The first kappa shape index (κ1) is 16.5. The van der Waals surface area contributed by atoms with E-state index in [-0.39, 0.29) is 5.41 Å². The van der Waals surface area contributed by atoms with Crippen LogP contribution in [0.25, 0.3) is 0 Å². The van der Waals surface area contributed by atoms with Crippen molar-refractivity contribution >= 4 is 5.82 Å². The van der Waals surface area contributed by atoms with Gasteiger partial charge >= 0.3 is 0 Å². The van der Waals surface area contributed by atoms with E-state index in [1.165, 1.54) is 24.1 Å². The predicted octanol–water partition coefficient (Wildman–Crippen LogP) is 2.24. The van der Waals surface area contributed by atoms with Gasteiger partial charge in [0, 0.05) is 48.9 Å². The summed E-state index contributed by atoms with van der Waals surface area (Å²) in [5, 5.41) is 13.3. The van der Waals surface area contributed by atoms with Gasteiger partial charge in [-0.25, -0.2) is 0 Å². The summed E-state index contributed by atoms with van der Waals surface area (Å²) in [4.78, 5) is 4.76. The monoisotopic (exact) mass is 340 g/mol. The molecule has 0 atom stereocenters. The number of aryl methyl sites for hydroxylation is 1. The molecule has 0 N–H and O–H groups in total. The molecule has 0 bridgehead atoms. The molecular weight excluding hydrogens is 312 g/mol. The molecule has 0 aliphatic carbocycles. The topological polar surface area (TPSA) is 50.1 Å². The minimum atomic E-state index is 0.0507. The van der Waals surface area contributed by atoms with Crippen LogP contribution in [0.5, 0.6) is 0 Å². The lowest BCUT2D eigenvalue weighted by molar-refractivity contribution is 0.196. The van der Waals surface area contributed by atoms with Crippen molar-refractivity contribution in [3.8, 4) is 0 Å². The Labute approximate surface area is 149 Å².